The van der Waals surface area contributed by atoms with E-state index in [9.17, 15) is 5.11 Å². The Kier molecular flexibility index (Phi) is 1.73. The van der Waals surface area contributed by atoms with E-state index in [4.69, 9.17) is 0 Å². The highest BCUT2D eigenvalue weighted by atomic mass is 32.1. The summed E-state index contributed by atoms with van der Waals surface area (Å²) >= 11 is 1.65. The molecule has 1 aromatic heterocycles. The molecule has 2 nitrogen and oxygen atoms in total. The summed E-state index contributed by atoms with van der Waals surface area (Å²) in [4.78, 5) is 5.31. The van der Waals surface area contributed by atoms with Crippen molar-refractivity contribution in [3.05, 3.63) is 16.1 Å². The van der Waals surface area contributed by atoms with E-state index >= 15 is 0 Å². The van der Waals surface area contributed by atoms with Gasteiger partial charge in [0.1, 0.15) is 0 Å². The lowest BCUT2D eigenvalue weighted by Gasteiger charge is -2.01. The Bertz CT molecular complexity index is 288. The molecule has 2 rings (SSSR count). The third-order valence-corrected chi connectivity index (χ3v) is 3.93. The second-order valence-corrected chi connectivity index (χ2v) is 4.87. The fraction of sp³-hybridized carbons (Fsp3) is 0.667. The van der Waals surface area contributed by atoms with Gasteiger partial charge in [0.15, 0.2) is 0 Å². The van der Waals surface area contributed by atoms with Crippen LogP contribution in [-0.4, -0.2) is 10.1 Å². The number of aromatic nitrogens is 1. The second-order valence-electron chi connectivity index (χ2n) is 3.80. The minimum absolute atomic E-state index is 0.345. The first-order valence-electron chi connectivity index (χ1n) is 4.26. The Hall–Kier alpha value is -0.410. The molecule has 1 saturated carbocycles. The van der Waals surface area contributed by atoms with Crippen molar-refractivity contribution in [2.24, 2.45) is 0 Å². The van der Waals surface area contributed by atoms with E-state index in [0.29, 0.717) is 5.41 Å². The lowest BCUT2D eigenvalue weighted by molar-refractivity contribution is 0.203. The average molecular weight is 183 g/mol. The van der Waals surface area contributed by atoms with E-state index < -0.39 is 0 Å². The van der Waals surface area contributed by atoms with Crippen LogP contribution in [0.3, 0.4) is 0 Å². The minimum atomic E-state index is -0.362. The van der Waals surface area contributed by atoms with Crippen molar-refractivity contribution in [1.29, 1.82) is 0 Å². The third-order valence-electron chi connectivity index (χ3n) is 2.45. The van der Waals surface area contributed by atoms with Gasteiger partial charge in [-0.3, -0.25) is 0 Å². The molecule has 1 aliphatic carbocycles. The molecule has 0 radical (unpaired) electrons. The standard InChI is InChI=1S/C9H13NOS/c1-6(11)7-5-10-8(12-7)9(2)3-4-9/h5-6,11H,3-4H2,1-2H3. The van der Waals surface area contributed by atoms with E-state index in [0.717, 1.165) is 4.88 Å². The van der Waals surface area contributed by atoms with Crippen molar-refractivity contribution in [3.63, 3.8) is 0 Å². The molecule has 0 saturated heterocycles. The summed E-state index contributed by atoms with van der Waals surface area (Å²) in [6, 6.07) is 0. The molecule has 1 aliphatic rings. The largest absolute Gasteiger partial charge is 0.388 e. The summed E-state index contributed by atoms with van der Waals surface area (Å²) in [5, 5.41) is 10.5. The molecule has 1 aromatic rings. The zero-order valence-electron chi connectivity index (χ0n) is 7.37. The minimum Gasteiger partial charge on any atom is -0.388 e. The van der Waals surface area contributed by atoms with Gasteiger partial charge in [-0.25, -0.2) is 4.98 Å². The molecule has 1 N–H and O–H groups in total. The van der Waals surface area contributed by atoms with Gasteiger partial charge in [-0.05, 0) is 19.8 Å². The van der Waals surface area contributed by atoms with Crippen LogP contribution in [0, 0.1) is 0 Å². The van der Waals surface area contributed by atoms with Gasteiger partial charge in [0.2, 0.25) is 0 Å². The highest BCUT2D eigenvalue weighted by molar-refractivity contribution is 7.11. The van der Waals surface area contributed by atoms with Crippen LogP contribution in [0.25, 0.3) is 0 Å². The second kappa shape index (κ2) is 2.54. The first-order chi connectivity index (χ1) is 5.62. The maximum Gasteiger partial charge on any atom is 0.0987 e. The van der Waals surface area contributed by atoms with Crippen LogP contribution in [-0.2, 0) is 5.41 Å². The van der Waals surface area contributed by atoms with Gasteiger partial charge in [0.05, 0.1) is 16.0 Å². The number of nitrogens with zero attached hydrogens (tertiary/aromatic N) is 1. The van der Waals surface area contributed by atoms with E-state index in [1.54, 1.807) is 24.5 Å². The molecule has 1 unspecified atom stereocenters. The number of aliphatic hydroxyl groups excluding tert-OH is 1. The first kappa shape index (κ1) is 8.20. The summed E-state index contributed by atoms with van der Waals surface area (Å²) in [6.45, 7) is 4.02. The molecule has 12 heavy (non-hydrogen) atoms. The Labute approximate surface area is 76.3 Å². The van der Waals surface area contributed by atoms with Gasteiger partial charge in [0.25, 0.3) is 0 Å². The van der Waals surface area contributed by atoms with Crippen molar-refractivity contribution in [2.75, 3.05) is 0 Å². The zero-order chi connectivity index (χ0) is 8.77. The third kappa shape index (κ3) is 1.27. The normalized spacial score (nSPS) is 22.2. The summed E-state index contributed by atoms with van der Waals surface area (Å²) < 4.78 is 0. The summed E-state index contributed by atoms with van der Waals surface area (Å²) in [7, 11) is 0. The van der Waals surface area contributed by atoms with Crippen molar-refractivity contribution in [2.45, 2.75) is 38.2 Å². The van der Waals surface area contributed by atoms with Crippen LogP contribution >= 0.6 is 11.3 Å². The predicted octanol–water partition coefficient (Wildman–Crippen LogP) is 2.25. The molecule has 0 spiro atoms. The molecule has 3 heteroatoms. The van der Waals surface area contributed by atoms with Crippen molar-refractivity contribution >= 4 is 11.3 Å². The molecule has 0 bridgehead atoms. The van der Waals surface area contributed by atoms with Gasteiger partial charge in [-0.15, -0.1) is 11.3 Å². The van der Waals surface area contributed by atoms with E-state index in [1.165, 1.54) is 17.8 Å². The number of thiazole rings is 1. The highest BCUT2D eigenvalue weighted by Gasteiger charge is 2.41. The fourth-order valence-corrected chi connectivity index (χ4v) is 2.22. The number of rotatable bonds is 2. The van der Waals surface area contributed by atoms with Crippen molar-refractivity contribution in [3.8, 4) is 0 Å². The monoisotopic (exact) mass is 183 g/mol. The SMILES string of the molecule is CC(O)c1cnc(C2(C)CC2)s1. The van der Waals surface area contributed by atoms with E-state index in [1.807, 2.05) is 0 Å². The van der Waals surface area contributed by atoms with Gasteiger partial charge in [-0.1, -0.05) is 6.92 Å². The molecule has 0 aliphatic heterocycles. The van der Waals surface area contributed by atoms with Gasteiger partial charge in [-0.2, -0.15) is 0 Å². The average Bonchev–Trinajstić information content (AvgIpc) is 2.61. The maximum atomic E-state index is 9.29. The van der Waals surface area contributed by atoms with Crippen LogP contribution in [0.15, 0.2) is 6.20 Å². The van der Waals surface area contributed by atoms with Gasteiger partial charge < -0.3 is 5.11 Å². The van der Waals surface area contributed by atoms with Crippen LogP contribution in [0.4, 0.5) is 0 Å². The summed E-state index contributed by atoms with van der Waals surface area (Å²) in [5.74, 6) is 0. The van der Waals surface area contributed by atoms with E-state index in [2.05, 4.69) is 11.9 Å². The quantitative estimate of drug-likeness (QED) is 0.762. The lowest BCUT2D eigenvalue weighted by Crippen LogP contribution is -1.96. The Morgan fingerprint density at radius 1 is 1.67 bits per heavy atom. The van der Waals surface area contributed by atoms with Crippen molar-refractivity contribution in [1.82, 2.24) is 4.98 Å². The molecule has 1 fully saturated rings. The predicted molar refractivity (Wildman–Crippen MR) is 49.3 cm³/mol. The highest BCUT2D eigenvalue weighted by Crippen LogP contribution is 2.49. The van der Waals surface area contributed by atoms with E-state index in [-0.39, 0.29) is 6.10 Å². The van der Waals surface area contributed by atoms with Crippen LogP contribution in [0.2, 0.25) is 0 Å². The summed E-state index contributed by atoms with van der Waals surface area (Å²) in [5.41, 5.74) is 0.345. The Balaban J connectivity index is 2.25. The number of hydrogen-bond acceptors (Lipinski definition) is 3. The first-order valence-corrected chi connectivity index (χ1v) is 5.08. The Morgan fingerprint density at radius 3 is 2.75 bits per heavy atom. The molecule has 0 aromatic carbocycles. The fourth-order valence-electron chi connectivity index (χ4n) is 1.16. The number of aliphatic hydroxyl groups is 1. The van der Waals surface area contributed by atoms with Crippen LogP contribution in [0.1, 0.15) is 42.7 Å². The molecular weight excluding hydrogens is 170 g/mol. The molecular formula is C9H13NOS. The lowest BCUT2D eigenvalue weighted by atomic mass is 10.2. The van der Waals surface area contributed by atoms with Crippen LogP contribution in [0.5, 0.6) is 0 Å². The molecule has 1 heterocycles. The zero-order valence-corrected chi connectivity index (χ0v) is 8.19. The number of hydrogen-bond donors (Lipinski definition) is 1. The maximum absolute atomic E-state index is 9.29. The van der Waals surface area contributed by atoms with Crippen LogP contribution < -0.4 is 0 Å². The molecule has 0 amide bonds. The van der Waals surface area contributed by atoms with Gasteiger partial charge >= 0.3 is 0 Å². The van der Waals surface area contributed by atoms with Crippen molar-refractivity contribution < 1.29 is 5.11 Å². The topological polar surface area (TPSA) is 33.1 Å². The molecule has 66 valence electrons. The smallest absolute Gasteiger partial charge is 0.0987 e. The van der Waals surface area contributed by atoms with Gasteiger partial charge in [0, 0.05) is 11.6 Å². The summed E-state index contributed by atoms with van der Waals surface area (Å²) in [6.07, 6.45) is 3.94. The Morgan fingerprint density at radius 2 is 2.33 bits per heavy atom. The molecule has 1 atom stereocenters.